The van der Waals surface area contributed by atoms with Crippen molar-refractivity contribution in [1.82, 2.24) is 10.6 Å². The quantitative estimate of drug-likeness (QED) is 0.757. The Kier molecular flexibility index (Phi) is 2.04. The number of hydrogen-bond acceptors (Lipinski definition) is 1. The highest BCUT2D eigenvalue weighted by molar-refractivity contribution is 5.75. The van der Waals surface area contributed by atoms with E-state index < -0.39 is 0 Å². The van der Waals surface area contributed by atoms with Gasteiger partial charge < -0.3 is 10.6 Å². The highest BCUT2D eigenvalue weighted by Gasteiger charge is 2.51. The van der Waals surface area contributed by atoms with Gasteiger partial charge in [-0.3, -0.25) is 0 Å². The van der Waals surface area contributed by atoms with Crippen LogP contribution in [0, 0.1) is 17.8 Å². The van der Waals surface area contributed by atoms with Crippen LogP contribution in [0.2, 0.25) is 0 Å². The van der Waals surface area contributed by atoms with Gasteiger partial charge in [-0.1, -0.05) is 0 Å². The van der Waals surface area contributed by atoms with Crippen molar-refractivity contribution in [3.63, 3.8) is 0 Å². The lowest BCUT2D eigenvalue weighted by Crippen LogP contribution is -2.61. The first-order chi connectivity index (χ1) is 8.21. The molecular weight excluding hydrogens is 212 g/mol. The molecule has 3 nitrogen and oxygen atoms in total. The zero-order valence-electron chi connectivity index (χ0n) is 10.4. The van der Waals surface area contributed by atoms with Crippen molar-refractivity contribution < 1.29 is 4.79 Å². The van der Waals surface area contributed by atoms with Gasteiger partial charge in [-0.15, -0.1) is 0 Å². The van der Waals surface area contributed by atoms with E-state index in [9.17, 15) is 4.79 Å². The molecule has 3 heteroatoms. The smallest absolute Gasteiger partial charge is 0.315 e. The largest absolute Gasteiger partial charge is 0.335 e. The molecule has 0 aromatic heterocycles. The summed E-state index contributed by atoms with van der Waals surface area (Å²) < 4.78 is 0. The van der Waals surface area contributed by atoms with Gasteiger partial charge in [0.05, 0.1) is 0 Å². The summed E-state index contributed by atoms with van der Waals surface area (Å²) >= 11 is 0. The van der Waals surface area contributed by atoms with Crippen molar-refractivity contribution in [2.24, 2.45) is 17.8 Å². The highest BCUT2D eigenvalue weighted by Crippen LogP contribution is 2.55. The summed E-state index contributed by atoms with van der Waals surface area (Å²) in [5.74, 6) is 2.72. The Balaban J connectivity index is 1.46. The Bertz CT molecular complexity index is 313. The molecule has 0 atom stereocenters. The maximum atomic E-state index is 12.0. The molecule has 4 bridgehead atoms. The number of carbonyl (C=O) groups is 1. The lowest BCUT2D eigenvalue weighted by atomic mass is 9.53. The van der Waals surface area contributed by atoms with Crippen LogP contribution in [0.3, 0.4) is 0 Å². The van der Waals surface area contributed by atoms with Crippen LogP contribution < -0.4 is 10.6 Å². The minimum absolute atomic E-state index is 0.106. The molecule has 5 fully saturated rings. The Morgan fingerprint density at radius 1 is 0.941 bits per heavy atom. The van der Waals surface area contributed by atoms with Crippen molar-refractivity contribution in [3.05, 3.63) is 0 Å². The molecule has 2 amide bonds. The molecule has 0 heterocycles. The van der Waals surface area contributed by atoms with E-state index in [0.29, 0.717) is 6.04 Å². The van der Waals surface area contributed by atoms with E-state index in [4.69, 9.17) is 0 Å². The van der Waals surface area contributed by atoms with Crippen LogP contribution in [-0.2, 0) is 0 Å². The monoisotopic (exact) mass is 234 g/mol. The maximum Gasteiger partial charge on any atom is 0.315 e. The Morgan fingerprint density at radius 3 is 1.94 bits per heavy atom. The average molecular weight is 234 g/mol. The van der Waals surface area contributed by atoms with Crippen molar-refractivity contribution in [3.8, 4) is 0 Å². The van der Waals surface area contributed by atoms with Gasteiger partial charge in [0.25, 0.3) is 0 Å². The molecule has 2 N–H and O–H groups in total. The molecule has 0 aromatic rings. The second-order valence-electron chi connectivity index (χ2n) is 7.07. The molecule has 0 radical (unpaired) electrons. The number of rotatable bonds is 2. The first-order valence-electron chi connectivity index (χ1n) is 7.29. The standard InChI is InChI=1S/C14H22N2O/c17-13(15-12-1-2-12)16-14-6-9-3-10(7-14)5-11(4-9)8-14/h9-12H,1-8H2,(H2,15,16,17). The third-order valence-electron chi connectivity index (χ3n) is 5.33. The van der Waals surface area contributed by atoms with Crippen LogP contribution >= 0.6 is 0 Å². The van der Waals surface area contributed by atoms with E-state index in [-0.39, 0.29) is 11.6 Å². The van der Waals surface area contributed by atoms with E-state index in [0.717, 1.165) is 17.8 Å². The van der Waals surface area contributed by atoms with Gasteiger partial charge in [-0.05, 0) is 69.1 Å². The summed E-state index contributed by atoms with van der Waals surface area (Å²) in [6.07, 6.45) is 10.4. The van der Waals surface area contributed by atoms with Crippen molar-refractivity contribution in [2.45, 2.75) is 62.9 Å². The summed E-state index contributed by atoms with van der Waals surface area (Å²) in [4.78, 5) is 12.0. The van der Waals surface area contributed by atoms with Crippen LogP contribution in [-0.4, -0.2) is 17.6 Å². The SMILES string of the molecule is O=C(NC1CC1)NC12CC3CC(CC(C3)C1)C2. The molecule has 94 valence electrons. The average Bonchev–Trinajstić information content (AvgIpc) is 2.97. The zero-order valence-corrected chi connectivity index (χ0v) is 10.4. The van der Waals surface area contributed by atoms with Gasteiger partial charge >= 0.3 is 6.03 Å². The van der Waals surface area contributed by atoms with E-state index in [1.54, 1.807) is 0 Å². The molecule has 5 saturated carbocycles. The lowest BCUT2D eigenvalue weighted by molar-refractivity contribution is -0.0135. The zero-order chi connectivity index (χ0) is 11.5. The van der Waals surface area contributed by atoms with Gasteiger partial charge in [0.1, 0.15) is 0 Å². The minimum atomic E-state index is 0.106. The van der Waals surface area contributed by atoms with E-state index in [1.807, 2.05) is 0 Å². The fraction of sp³-hybridized carbons (Fsp3) is 0.929. The summed E-state index contributed by atoms with van der Waals surface area (Å²) in [5.41, 5.74) is 0.174. The second-order valence-corrected chi connectivity index (χ2v) is 7.07. The Hall–Kier alpha value is -0.730. The van der Waals surface area contributed by atoms with E-state index >= 15 is 0 Å². The normalized spacial score (nSPS) is 46.9. The van der Waals surface area contributed by atoms with Gasteiger partial charge in [-0.2, -0.15) is 0 Å². The second kappa shape index (κ2) is 3.39. The highest BCUT2D eigenvalue weighted by atomic mass is 16.2. The summed E-state index contributed by atoms with van der Waals surface area (Å²) in [6.45, 7) is 0. The van der Waals surface area contributed by atoms with Gasteiger partial charge in [0.15, 0.2) is 0 Å². The summed E-state index contributed by atoms with van der Waals surface area (Å²) in [5, 5.41) is 6.42. The van der Waals surface area contributed by atoms with Gasteiger partial charge in [0.2, 0.25) is 0 Å². The van der Waals surface area contributed by atoms with Crippen LogP contribution in [0.15, 0.2) is 0 Å². The summed E-state index contributed by atoms with van der Waals surface area (Å²) in [6, 6.07) is 0.582. The first-order valence-corrected chi connectivity index (χ1v) is 7.29. The van der Waals surface area contributed by atoms with Crippen LogP contribution in [0.5, 0.6) is 0 Å². The molecule has 0 unspecified atom stereocenters. The minimum Gasteiger partial charge on any atom is -0.335 e. The van der Waals surface area contributed by atoms with E-state index in [1.165, 1.54) is 51.4 Å². The number of amides is 2. The molecule has 0 saturated heterocycles. The topological polar surface area (TPSA) is 41.1 Å². The molecule has 0 spiro atoms. The van der Waals surface area contributed by atoms with Crippen LogP contribution in [0.25, 0.3) is 0 Å². The fourth-order valence-corrected chi connectivity index (χ4v) is 4.95. The van der Waals surface area contributed by atoms with Gasteiger partial charge in [0, 0.05) is 11.6 Å². The van der Waals surface area contributed by atoms with E-state index in [2.05, 4.69) is 10.6 Å². The van der Waals surface area contributed by atoms with Crippen LogP contribution in [0.1, 0.15) is 51.4 Å². The summed E-state index contributed by atoms with van der Waals surface area (Å²) in [7, 11) is 0. The molecule has 5 aliphatic rings. The number of carbonyl (C=O) groups excluding carboxylic acids is 1. The molecule has 17 heavy (non-hydrogen) atoms. The maximum absolute atomic E-state index is 12.0. The Labute approximate surface area is 103 Å². The Morgan fingerprint density at radius 2 is 1.47 bits per heavy atom. The third-order valence-corrected chi connectivity index (χ3v) is 5.33. The van der Waals surface area contributed by atoms with Gasteiger partial charge in [-0.25, -0.2) is 4.79 Å². The van der Waals surface area contributed by atoms with Crippen molar-refractivity contribution in [2.75, 3.05) is 0 Å². The number of urea groups is 1. The van der Waals surface area contributed by atoms with Crippen molar-refractivity contribution >= 4 is 6.03 Å². The lowest BCUT2D eigenvalue weighted by Gasteiger charge is -2.56. The molecule has 0 aromatic carbocycles. The molecule has 5 aliphatic carbocycles. The van der Waals surface area contributed by atoms with Crippen molar-refractivity contribution in [1.29, 1.82) is 0 Å². The third kappa shape index (κ3) is 1.84. The van der Waals surface area contributed by atoms with Crippen LogP contribution in [0.4, 0.5) is 4.79 Å². The molecular formula is C14H22N2O. The molecule has 0 aliphatic heterocycles. The number of nitrogens with one attached hydrogen (secondary N) is 2. The fourth-order valence-electron chi connectivity index (χ4n) is 4.95. The first kappa shape index (κ1) is 10.2. The predicted octanol–water partition coefficient (Wildman–Crippen LogP) is 2.42. The number of hydrogen-bond donors (Lipinski definition) is 2. The predicted molar refractivity (Wildman–Crippen MR) is 65.6 cm³/mol. The molecule has 5 rings (SSSR count).